The van der Waals surface area contributed by atoms with Crippen LogP contribution < -0.4 is 20.4 Å². The Labute approximate surface area is 139 Å². The zero-order chi connectivity index (χ0) is 16.3. The van der Waals surface area contributed by atoms with Gasteiger partial charge in [-0.2, -0.15) is 0 Å². The summed E-state index contributed by atoms with van der Waals surface area (Å²) in [5.41, 5.74) is 13.3. The molecule has 10 nitrogen and oxygen atoms in total. The van der Waals surface area contributed by atoms with Gasteiger partial charge in [0.15, 0.2) is 0 Å². The Morgan fingerprint density at radius 2 is 1.00 bits per heavy atom. The van der Waals surface area contributed by atoms with Gasteiger partial charge in [0.05, 0.1) is 0 Å². The number of carbonyl (C=O) groups is 4. The van der Waals surface area contributed by atoms with Crippen molar-refractivity contribution in [3.8, 4) is 0 Å². The van der Waals surface area contributed by atoms with E-state index < -0.39 is 48.8 Å². The van der Waals surface area contributed by atoms with Crippen molar-refractivity contribution >= 4 is 46.9 Å². The molecule has 0 fully saturated rings. The number of carboxylic acids is 4. The number of aliphatic carboxylic acids is 4. The first-order valence-corrected chi connectivity index (χ1v) is 5.31. The summed E-state index contributed by atoms with van der Waals surface area (Å²) in [6.45, 7) is 0. The molecule has 0 aromatic carbocycles. The summed E-state index contributed by atoms with van der Waals surface area (Å²) in [5.74, 6) is -5.81. The van der Waals surface area contributed by atoms with Crippen LogP contribution in [0.1, 0.15) is 28.5 Å². The van der Waals surface area contributed by atoms with Gasteiger partial charge in [-0.15, -0.1) is 0 Å². The number of carbonyl (C=O) groups excluding carboxylic acids is 4. The van der Waals surface area contributed by atoms with Crippen LogP contribution in [-0.4, -0.2) is 59.0 Å². The zero-order valence-corrected chi connectivity index (χ0v) is 12.4. The Morgan fingerprint density at radius 1 is 0.762 bits per heavy atom. The normalized spacial score (nSPS) is 11.9. The van der Waals surface area contributed by atoms with Crippen molar-refractivity contribution in [3.05, 3.63) is 11.5 Å². The van der Waals surface area contributed by atoms with E-state index in [1.165, 1.54) is 0 Å². The largest absolute Gasteiger partial charge is 2.00 e. The van der Waals surface area contributed by atoms with E-state index >= 15 is 0 Å². The van der Waals surface area contributed by atoms with Crippen molar-refractivity contribution in [2.24, 2.45) is 0 Å². The van der Waals surface area contributed by atoms with Crippen LogP contribution in [0.2, 0.25) is 0 Å². The maximum absolute atomic E-state index is 9.80. The van der Waals surface area contributed by atoms with E-state index in [0.29, 0.717) is 0 Å². The molecule has 11 heteroatoms. The summed E-state index contributed by atoms with van der Waals surface area (Å²) in [5, 5.41) is 39.0. The molecule has 0 bridgehead atoms. The fourth-order valence-electron chi connectivity index (χ4n) is 0.760. The van der Waals surface area contributed by atoms with Crippen molar-refractivity contribution in [2.45, 2.75) is 37.8 Å². The van der Waals surface area contributed by atoms with E-state index in [2.05, 4.69) is 0 Å². The molecule has 2 N–H and O–H groups in total. The molecule has 0 heterocycles. The predicted molar refractivity (Wildman–Crippen MR) is 62.7 cm³/mol. The van der Waals surface area contributed by atoms with Crippen LogP contribution in [-0.2, 0) is 19.2 Å². The first-order chi connectivity index (χ1) is 9.07. The van der Waals surface area contributed by atoms with Gasteiger partial charge in [-0.05, 0) is 12.8 Å². The van der Waals surface area contributed by atoms with E-state index in [1.807, 2.05) is 0 Å². The average molecular weight is 315 g/mol. The van der Waals surface area contributed by atoms with E-state index in [-0.39, 0.29) is 38.7 Å². The predicted octanol–water partition coefficient (Wildman–Crippen LogP) is -4.78. The summed E-state index contributed by atoms with van der Waals surface area (Å²) in [6, 6.07) is -2.92. The smallest absolute Gasteiger partial charge is 0.670 e. The Hall–Kier alpha value is -1.43. The Bertz CT molecular complexity index is 339. The summed E-state index contributed by atoms with van der Waals surface area (Å²) in [6.07, 6.45) is -1.35. The van der Waals surface area contributed by atoms with E-state index in [4.69, 9.17) is 11.5 Å². The topological polar surface area (TPSA) is 208 Å². The van der Waals surface area contributed by atoms with Crippen LogP contribution >= 0.6 is 0 Å². The maximum Gasteiger partial charge on any atom is 2.00 e. The summed E-state index contributed by atoms with van der Waals surface area (Å²) in [4.78, 5) is 39.0. The first-order valence-electron chi connectivity index (χ1n) is 5.31. The van der Waals surface area contributed by atoms with Crippen molar-refractivity contribution in [2.75, 3.05) is 0 Å². The fourth-order valence-corrected chi connectivity index (χ4v) is 0.760. The number of carboxylic acid groups (broad SMARTS) is 4. The van der Waals surface area contributed by atoms with Gasteiger partial charge in [0.2, 0.25) is 0 Å². The molecule has 2 atom stereocenters. The quantitative estimate of drug-likeness (QED) is 0.396. The standard InChI is InChI=1S/2C5H8NO4.Mg/c2*6-3(5(9)10)1-2-4(7)8;/h2*3,6H,1-2H2,(H,7,8)(H,9,10);/q2*-1;+2/p-2. The van der Waals surface area contributed by atoms with Gasteiger partial charge in [0.25, 0.3) is 0 Å². The second-order valence-corrected chi connectivity index (χ2v) is 3.56. The molecule has 0 radical (unpaired) electrons. The minimum atomic E-state index is -1.55. The SMILES string of the molecule is [H+].[H+].[Mg+2].[NH-]C(CCC(=O)[O-])C(=O)[O-].[NH-]C(CCC(=O)[O-])C(=O)[O-]. The van der Waals surface area contributed by atoms with Crippen molar-refractivity contribution in [1.82, 2.24) is 0 Å². The van der Waals surface area contributed by atoms with Gasteiger partial charge in [0, 0.05) is 23.9 Å². The van der Waals surface area contributed by atoms with Gasteiger partial charge in [-0.25, -0.2) is 0 Å². The van der Waals surface area contributed by atoms with Crippen LogP contribution in [0, 0.1) is 0 Å². The van der Waals surface area contributed by atoms with Gasteiger partial charge >= 0.3 is 25.9 Å². The molecule has 0 aromatic rings. The molecule has 0 aliphatic carbocycles. The van der Waals surface area contributed by atoms with Gasteiger partial charge in [-0.1, -0.05) is 24.9 Å². The van der Waals surface area contributed by atoms with Crippen molar-refractivity contribution in [3.63, 3.8) is 0 Å². The fraction of sp³-hybridized carbons (Fsp3) is 0.600. The second kappa shape index (κ2) is 13.5. The van der Waals surface area contributed by atoms with Crippen LogP contribution in [0.25, 0.3) is 11.5 Å². The average Bonchev–Trinajstić information content (AvgIpc) is 2.33. The van der Waals surface area contributed by atoms with Crippen LogP contribution in [0.5, 0.6) is 0 Å². The molecule has 0 saturated carbocycles. The van der Waals surface area contributed by atoms with Crippen molar-refractivity contribution in [1.29, 1.82) is 0 Å². The minimum absolute atomic E-state index is 0. The van der Waals surface area contributed by atoms with Crippen LogP contribution in [0.4, 0.5) is 0 Å². The summed E-state index contributed by atoms with van der Waals surface area (Å²) in [7, 11) is 0. The molecule has 0 aliphatic rings. The number of hydrogen-bond donors (Lipinski definition) is 0. The Balaban J connectivity index is -0.0000000831. The molecular weight excluding hydrogens is 300 g/mol. The first kappa shape index (κ1) is 24.6. The zero-order valence-electron chi connectivity index (χ0n) is 13.0. The molecule has 0 aliphatic heterocycles. The van der Waals surface area contributed by atoms with Gasteiger partial charge in [0.1, 0.15) is 0 Å². The molecule has 0 amide bonds. The minimum Gasteiger partial charge on any atom is -0.670 e. The van der Waals surface area contributed by atoms with E-state index in [9.17, 15) is 39.6 Å². The third kappa shape index (κ3) is 18.6. The molecular formula is C10H14MgN2O8-2. The summed E-state index contributed by atoms with van der Waals surface area (Å²) >= 11 is 0. The number of hydrogen-bond acceptors (Lipinski definition) is 8. The second-order valence-electron chi connectivity index (χ2n) is 3.56. The third-order valence-electron chi connectivity index (χ3n) is 1.84. The molecule has 0 rings (SSSR count). The Kier molecular flexibility index (Phi) is 15.9. The molecule has 0 spiro atoms. The third-order valence-corrected chi connectivity index (χ3v) is 1.84. The molecule has 2 unspecified atom stereocenters. The number of nitrogens with one attached hydrogen (secondary N) is 2. The van der Waals surface area contributed by atoms with E-state index in [1.54, 1.807) is 0 Å². The molecule has 0 aromatic heterocycles. The Morgan fingerprint density at radius 3 is 1.14 bits per heavy atom. The molecule has 21 heavy (non-hydrogen) atoms. The monoisotopic (exact) mass is 314 g/mol. The van der Waals surface area contributed by atoms with Gasteiger partial charge < -0.3 is 51.1 Å². The maximum atomic E-state index is 9.80. The van der Waals surface area contributed by atoms with E-state index in [0.717, 1.165) is 0 Å². The molecule has 0 saturated heterocycles. The van der Waals surface area contributed by atoms with Gasteiger partial charge in [-0.3, -0.25) is 0 Å². The van der Waals surface area contributed by atoms with Crippen LogP contribution in [0.15, 0.2) is 0 Å². The molecule has 116 valence electrons. The van der Waals surface area contributed by atoms with Crippen molar-refractivity contribution < 1.29 is 42.5 Å². The number of rotatable bonds is 8. The van der Waals surface area contributed by atoms with Crippen LogP contribution in [0.3, 0.4) is 0 Å². The summed E-state index contributed by atoms with van der Waals surface area (Å²) < 4.78 is 0.